The van der Waals surface area contributed by atoms with Crippen LogP contribution in [0.4, 0.5) is 0 Å². The van der Waals surface area contributed by atoms with E-state index in [1.165, 1.54) is 59.1 Å². The van der Waals surface area contributed by atoms with Crippen molar-refractivity contribution in [2.75, 3.05) is 0 Å². The predicted octanol–water partition coefficient (Wildman–Crippen LogP) is 9.31. The number of fused-ring (bicyclic) bond motifs is 7. The molecule has 5 aliphatic rings. The van der Waals surface area contributed by atoms with E-state index < -0.39 is 28.3 Å². The molecule has 0 nitrogen and oxygen atoms in total. The van der Waals surface area contributed by atoms with E-state index in [-0.39, 0.29) is 55.0 Å². The van der Waals surface area contributed by atoms with E-state index in [2.05, 4.69) is 191 Å². The number of benzene rings is 4. The summed E-state index contributed by atoms with van der Waals surface area (Å²) in [7, 11) is 0. The van der Waals surface area contributed by atoms with E-state index in [0.717, 1.165) is 6.42 Å². The standard InChI is InChI=1S/C53H57.C2H7Si.2ClH.Zr/c1-10-19-38-33-42-39(36-29-27-35(28-30-36)34-20-12-11-13-21-34)24-18-25-41(42)45(38)48-47-43-32-37-22-14-15-23-40(37)46(43)44-26-16-17-31-52(44,8)53(47,9)51(6,7)50(4,5)49(48,2)3;1-3-2;;;/h11-16,18,20-30,33,45H,10,17,19,31-32H2,1-9H3;3H,1-2H3;2*1H;/q;;;;+2/p-2. The van der Waals surface area contributed by atoms with Crippen molar-refractivity contribution >= 4 is 17.6 Å². The molecule has 306 valence electrons. The zero-order valence-corrected chi connectivity index (χ0v) is 42.5. The molecule has 4 atom stereocenters. The number of hydrogen-bond acceptors (Lipinski definition) is 0. The number of rotatable bonds is 7. The third-order valence-electron chi connectivity index (χ3n) is 17.5. The van der Waals surface area contributed by atoms with Gasteiger partial charge in [-0.05, 0) is 0 Å². The molecule has 0 heterocycles. The van der Waals surface area contributed by atoms with Crippen LogP contribution in [0.3, 0.4) is 0 Å². The Labute approximate surface area is 381 Å². The van der Waals surface area contributed by atoms with Crippen LogP contribution in [0.5, 0.6) is 0 Å². The SMILES string of the molecule is CCCC1=Cc2c(-c3ccc(-c4ccccc4)cc3)cccc2C1[C]1([Zr+2][SiH](C)C)C2=C3Cc4ccccc4C3=C3C=CCCC3(C)C2(C)C(C)(C)C(C)(C)C1(C)C.[Cl-].[Cl-]. The quantitative estimate of drug-likeness (QED) is 0.162. The summed E-state index contributed by atoms with van der Waals surface area (Å²) in [6.45, 7) is 29.9. The number of halogens is 2. The average molecular weight is 915 g/mol. The van der Waals surface area contributed by atoms with Gasteiger partial charge >= 0.3 is 354 Å². The molecule has 0 saturated heterocycles. The molecule has 9 rings (SSSR count). The Morgan fingerprint density at radius 2 is 1.31 bits per heavy atom. The summed E-state index contributed by atoms with van der Waals surface area (Å²) in [4.78, 5) is 0. The molecule has 0 radical (unpaired) electrons. The topological polar surface area (TPSA) is 0 Å². The first kappa shape index (κ1) is 44.6. The molecule has 5 aliphatic carbocycles. The Morgan fingerprint density at radius 3 is 1.98 bits per heavy atom. The van der Waals surface area contributed by atoms with Gasteiger partial charge in [0, 0.05) is 0 Å². The number of hydrogen-bond donors (Lipinski definition) is 0. The Bertz CT molecular complexity index is 2410. The molecule has 4 aromatic rings. The maximum absolute atomic E-state index is 2.82. The second kappa shape index (κ2) is 15.4. The van der Waals surface area contributed by atoms with Crippen LogP contribution >= 0.6 is 0 Å². The van der Waals surface area contributed by atoms with E-state index in [9.17, 15) is 0 Å². The van der Waals surface area contributed by atoms with Crippen LogP contribution < -0.4 is 24.8 Å². The fourth-order valence-electron chi connectivity index (χ4n) is 13.6. The van der Waals surface area contributed by atoms with E-state index in [4.69, 9.17) is 0 Å². The van der Waals surface area contributed by atoms with Crippen molar-refractivity contribution < 1.29 is 47.2 Å². The zero-order valence-electron chi connectivity index (χ0n) is 37.4. The van der Waals surface area contributed by atoms with E-state index in [1.54, 1.807) is 33.4 Å². The molecule has 0 spiro atoms. The maximum atomic E-state index is 2.82. The van der Waals surface area contributed by atoms with Crippen molar-refractivity contribution in [3.05, 3.63) is 154 Å². The fraction of sp³-hybridized carbons (Fsp3) is 0.418. The van der Waals surface area contributed by atoms with Gasteiger partial charge < -0.3 is 24.8 Å². The predicted molar refractivity (Wildman–Crippen MR) is 245 cm³/mol. The first-order valence-electron chi connectivity index (χ1n) is 22.1. The fourth-order valence-corrected chi connectivity index (χ4v) is 29.4. The summed E-state index contributed by atoms with van der Waals surface area (Å²) in [5.74, 6) is -0.610. The van der Waals surface area contributed by atoms with Crippen molar-refractivity contribution in [1.29, 1.82) is 0 Å². The molecule has 0 aliphatic heterocycles. The molecular formula is C55H64Cl2SiZr. The summed E-state index contributed by atoms with van der Waals surface area (Å²) in [6.07, 6.45) is 13.7. The summed E-state index contributed by atoms with van der Waals surface area (Å²) in [5.41, 5.74) is 20.3. The largest absolute Gasteiger partial charge is 1.00 e. The molecule has 4 heteroatoms. The van der Waals surface area contributed by atoms with Crippen LogP contribution in [0, 0.1) is 27.1 Å². The molecule has 59 heavy (non-hydrogen) atoms. The third-order valence-corrected chi connectivity index (χ3v) is 29.0. The van der Waals surface area contributed by atoms with Crippen LogP contribution in [0.1, 0.15) is 116 Å². The van der Waals surface area contributed by atoms with Gasteiger partial charge in [-0.15, -0.1) is 0 Å². The normalized spacial score (nSPS) is 27.7. The van der Waals surface area contributed by atoms with Crippen molar-refractivity contribution in [3.8, 4) is 22.3 Å². The van der Waals surface area contributed by atoms with Crippen molar-refractivity contribution in [2.45, 2.75) is 117 Å². The Morgan fingerprint density at radius 1 is 0.678 bits per heavy atom. The second-order valence-electron chi connectivity index (χ2n) is 20.5. The third kappa shape index (κ3) is 5.80. The average Bonchev–Trinajstić information content (AvgIpc) is 3.75. The van der Waals surface area contributed by atoms with Crippen LogP contribution in [-0.4, -0.2) is 5.92 Å². The molecule has 1 saturated carbocycles. The van der Waals surface area contributed by atoms with Gasteiger partial charge in [-0.1, -0.05) is 6.07 Å². The Balaban J connectivity index is 0.00000264. The summed E-state index contributed by atoms with van der Waals surface area (Å²) >= 11 is -1.08. The second-order valence-corrected chi connectivity index (χ2v) is 35.7. The van der Waals surface area contributed by atoms with E-state index in [0.29, 0.717) is 5.92 Å². The van der Waals surface area contributed by atoms with Crippen LogP contribution in [-0.2, 0) is 28.8 Å². The van der Waals surface area contributed by atoms with Gasteiger partial charge in [-0.2, -0.15) is 0 Å². The first-order chi connectivity index (χ1) is 27.1. The summed E-state index contributed by atoms with van der Waals surface area (Å²) < 4.78 is 0.102. The van der Waals surface area contributed by atoms with Gasteiger partial charge in [0.05, 0.1) is 0 Å². The van der Waals surface area contributed by atoms with E-state index in [1.807, 2.05) is 5.57 Å². The minimum atomic E-state index is -1.08. The first-order valence-corrected chi connectivity index (χ1v) is 30.5. The Kier molecular flexibility index (Phi) is 11.6. The molecule has 0 bridgehead atoms. The van der Waals surface area contributed by atoms with Gasteiger partial charge in [-0.25, -0.2) is 0 Å². The minimum absolute atomic E-state index is 0. The molecular weight excluding hydrogens is 851 g/mol. The van der Waals surface area contributed by atoms with Crippen LogP contribution in [0.2, 0.25) is 16.2 Å². The molecule has 4 aromatic carbocycles. The van der Waals surface area contributed by atoms with Gasteiger partial charge in [0.25, 0.3) is 0 Å². The van der Waals surface area contributed by atoms with Crippen molar-refractivity contribution in [3.63, 3.8) is 0 Å². The minimum Gasteiger partial charge on any atom is -1.00 e. The van der Waals surface area contributed by atoms with Gasteiger partial charge in [0.2, 0.25) is 0 Å². The monoisotopic (exact) mass is 912 g/mol. The molecule has 0 amide bonds. The summed E-state index contributed by atoms with van der Waals surface area (Å²) in [6, 6.07) is 37.3. The van der Waals surface area contributed by atoms with E-state index >= 15 is 0 Å². The summed E-state index contributed by atoms with van der Waals surface area (Å²) in [5, 5.41) is 0. The molecule has 1 fully saturated rings. The van der Waals surface area contributed by atoms with Gasteiger partial charge in [0.1, 0.15) is 0 Å². The smallest absolute Gasteiger partial charge is 1.00 e. The molecule has 0 N–H and O–H groups in total. The maximum Gasteiger partial charge on any atom is -1.00 e. The van der Waals surface area contributed by atoms with Crippen molar-refractivity contribution in [2.24, 2.45) is 27.1 Å². The molecule has 0 aromatic heterocycles. The van der Waals surface area contributed by atoms with Gasteiger partial charge in [-0.3, -0.25) is 0 Å². The number of allylic oxidation sites excluding steroid dienone is 7. The molecule has 4 unspecified atom stereocenters. The van der Waals surface area contributed by atoms with Crippen LogP contribution in [0.15, 0.2) is 132 Å². The van der Waals surface area contributed by atoms with Gasteiger partial charge in [0.15, 0.2) is 0 Å². The van der Waals surface area contributed by atoms with Crippen molar-refractivity contribution in [1.82, 2.24) is 0 Å². The Hall–Kier alpha value is -2.48. The zero-order chi connectivity index (χ0) is 40.3. The van der Waals surface area contributed by atoms with Crippen LogP contribution in [0.25, 0.3) is 33.9 Å².